The lowest BCUT2D eigenvalue weighted by atomic mass is 10.2. The van der Waals surface area contributed by atoms with E-state index < -0.39 is 0 Å². The van der Waals surface area contributed by atoms with Crippen LogP contribution >= 0.6 is 15.9 Å². The third-order valence-corrected chi connectivity index (χ3v) is 2.58. The van der Waals surface area contributed by atoms with Crippen LogP contribution in [0.5, 0.6) is 0 Å². The molecule has 0 unspecified atom stereocenters. The SMILES string of the molecule is O=C(Nc1cnccc1CO)c1coc(Br)c1. The van der Waals surface area contributed by atoms with Gasteiger partial charge in [-0.05, 0) is 22.0 Å². The summed E-state index contributed by atoms with van der Waals surface area (Å²) < 4.78 is 5.45. The fourth-order valence-electron chi connectivity index (χ4n) is 1.30. The predicted octanol–water partition coefficient (Wildman–Crippen LogP) is 2.18. The van der Waals surface area contributed by atoms with Gasteiger partial charge in [0.1, 0.15) is 6.26 Å². The van der Waals surface area contributed by atoms with Gasteiger partial charge in [0, 0.05) is 17.8 Å². The molecule has 1 amide bonds. The molecule has 0 aliphatic carbocycles. The molecule has 17 heavy (non-hydrogen) atoms. The number of nitrogens with zero attached hydrogens (tertiary/aromatic N) is 1. The molecule has 88 valence electrons. The molecule has 0 bridgehead atoms. The average Bonchev–Trinajstić information content (AvgIpc) is 2.77. The van der Waals surface area contributed by atoms with E-state index in [4.69, 9.17) is 9.52 Å². The van der Waals surface area contributed by atoms with Gasteiger partial charge < -0.3 is 14.8 Å². The Morgan fingerprint density at radius 3 is 3.06 bits per heavy atom. The van der Waals surface area contributed by atoms with Crippen molar-refractivity contribution >= 4 is 27.5 Å². The minimum atomic E-state index is -0.317. The molecule has 0 aromatic carbocycles. The first kappa shape index (κ1) is 11.8. The van der Waals surface area contributed by atoms with Crippen molar-refractivity contribution in [3.05, 3.63) is 46.6 Å². The number of aliphatic hydroxyl groups excluding tert-OH is 1. The van der Waals surface area contributed by atoms with Crippen LogP contribution in [0.25, 0.3) is 0 Å². The van der Waals surface area contributed by atoms with Gasteiger partial charge in [0.25, 0.3) is 5.91 Å². The Labute approximate surface area is 106 Å². The highest BCUT2D eigenvalue weighted by Gasteiger charge is 2.11. The first-order valence-electron chi connectivity index (χ1n) is 4.80. The Balaban J connectivity index is 2.18. The number of amides is 1. The molecule has 5 nitrogen and oxygen atoms in total. The number of hydrogen-bond acceptors (Lipinski definition) is 4. The minimum absolute atomic E-state index is 0.160. The molecule has 0 saturated heterocycles. The summed E-state index contributed by atoms with van der Waals surface area (Å²) in [7, 11) is 0. The van der Waals surface area contributed by atoms with E-state index in [-0.39, 0.29) is 12.5 Å². The number of furan rings is 1. The zero-order chi connectivity index (χ0) is 12.3. The molecule has 2 heterocycles. The van der Waals surface area contributed by atoms with E-state index in [0.29, 0.717) is 21.5 Å². The van der Waals surface area contributed by atoms with E-state index in [9.17, 15) is 4.79 Å². The highest BCUT2D eigenvalue weighted by atomic mass is 79.9. The van der Waals surface area contributed by atoms with Gasteiger partial charge in [-0.15, -0.1) is 0 Å². The van der Waals surface area contributed by atoms with Crippen LogP contribution in [0.15, 0.2) is 39.9 Å². The van der Waals surface area contributed by atoms with Crippen molar-refractivity contribution in [1.82, 2.24) is 4.98 Å². The van der Waals surface area contributed by atoms with Crippen molar-refractivity contribution in [2.75, 3.05) is 5.32 Å². The number of pyridine rings is 1. The molecule has 0 aliphatic rings. The molecular weight excluding hydrogens is 288 g/mol. The summed E-state index contributed by atoms with van der Waals surface area (Å²) in [5.74, 6) is -0.317. The normalized spacial score (nSPS) is 10.2. The highest BCUT2D eigenvalue weighted by molar-refractivity contribution is 9.10. The smallest absolute Gasteiger partial charge is 0.259 e. The second-order valence-electron chi connectivity index (χ2n) is 3.28. The maximum atomic E-state index is 11.8. The number of rotatable bonds is 3. The number of carbonyl (C=O) groups excluding carboxylic acids is 1. The lowest BCUT2D eigenvalue weighted by molar-refractivity contribution is 0.102. The van der Waals surface area contributed by atoms with Gasteiger partial charge in [-0.1, -0.05) is 0 Å². The number of anilines is 1. The molecule has 0 saturated carbocycles. The number of aliphatic hydroxyl groups is 1. The van der Waals surface area contributed by atoms with E-state index in [0.717, 1.165) is 0 Å². The summed E-state index contributed by atoms with van der Waals surface area (Å²) in [5, 5.41) is 11.7. The molecule has 0 radical (unpaired) electrons. The number of hydrogen-bond donors (Lipinski definition) is 2. The van der Waals surface area contributed by atoms with Gasteiger partial charge in [-0.3, -0.25) is 9.78 Å². The van der Waals surface area contributed by atoms with E-state index in [2.05, 4.69) is 26.2 Å². The van der Waals surface area contributed by atoms with Gasteiger partial charge in [-0.2, -0.15) is 0 Å². The topological polar surface area (TPSA) is 75.4 Å². The Morgan fingerprint density at radius 2 is 2.41 bits per heavy atom. The second-order valence-corrected chi connectivity index (χ2v) is 4.07. The van der Waals surface area contributed by atoms with Crippen molar-refractivity contribution in [2.24, 2.45) is 0 Å². The number of carbonyl (C=O) groups is 1. The molecule has 0 aliphatic heterocycles. The average molecular weight is 297 g/mol. The van der Waals surface area contributed by atoms with Gasteiger partial charge in [0.05, 0.1) is 24.1 Å². The van der Waals surface area contributed by atoms with Crippen molar-refractivity contribution in [2.45, 2.75) is 6.61 Å². The summed E-state index contributed by atoms with van der Waals surface area (Å²) in [6.07, 6.45) is 4.38. The molecule has 2 N–H and O–H groups in total. The van der Waals surface area contributed by atoms with Crippen molar-refractivity contribution in [1.29, 1.82) is 0 Å². The Kier molecular flexibility index (Phi) is 3.55. The monoisotopic (exact) mass is 296 g/mol. The minimum Gasteiger partial charge on any atom is -0.457 e. The van der Waals surface area contributed by atoms with Crippen LogP contribution in [0.3, 0.4) is 0 Å². The molecule has 2 aromatic heterocycles. The number of halogens is 1. The third-order valence-electron chi connectivity index (χ3n) is 2.16. The van der Waals surface area contributed by atoms with Gasteiger partial charge in [0.15, 0.2) is 4.67 Å². The Bertz CT molecular complexity index is 539. The van der Waals surface area contributed by atoms with E-state index in [1.54, 1.807) is 18.3 Å². The second kappa shape index (κ2) is 5.11. The van der Waals surface area contributed by atoms with Crippen LogP contribution in [0, 0.1) is 0 Å². The fraction of sp³-hybridized carbons (Fsp3) is 0.0909. The predicted molar refractivity (Wildman–Crippen MR) is 64.5 cm³/mol. The van der Waals surface area contributed by atoms with Crippen LogP contribution in [0.2, 0.25) is 0 Å². The van der Waals surface area contributed by atoms with Crippen LogP contribution in [-0.4, -0.2) is 16.0 Å². The van der Waals surface area contributed by atoms with E-state index >= 15 is 0 Å². The summed E-state index contributed by atoms with van der Waals surface area (Å²) in [6, 6.07) is 3.20. The molecule has 0 spiro atoms. The molecular formula is C11H9BrN2O3. The van der Waals surface area contributed by atoms with Crippen LogP contribution in [-0.2, 0) is 6.61 Å². The fourth-order valence-corrected chi connectivity index (χ4v) is 1.64. The zero-order valence-corrected chi connectivity index (χ0v) is 10.3. The molecule has 2 aromatic rings. The van der Waals surface area contributed by atoms with Crippen LogP contribution in [0.1, 0.15) is 15.9 Å². The van der Waals surface area contributed by atoms with Crippen molar-refractivity contribution in [3.8, 4) is 0 Å². The third kappa shape index (κ3) is 2.72. The molecule has 0 fully saturated rings. The Morgan fingerprint density at radius 1 is 1.59 bits per heavy atom. The first-order chi connectivity index (χ1) is 8.20. The van der Waals surface area contributed by atoms with E-state index in [1.807, 2.05) is 0 Å². The molecule has 2 rings (SSSR count). The van der Waals surface area contributed by atoms with Gasteiger partial charge in [0.2, 0.25) is 0 Å². The van der Waals surface area contributed by atoms with Crippen LogP contribution < -0.4 is 5.32 Å². The maximum absolute atomic E-state index is 11.8. The number of aromatic nitrogens is 1. The van der Waals surface area contributed by atoms with Gasteiger partial charge >= 0.3 is 0 Å². The highest BCUT2D eigenvalue weighted by Crippen LogP contribution is 2.17. The maximum Gasteiger partial charge on any atom is 0.259 e. The Hall–Kier alpha value is -1.66. The quantitative estimate of drug-likeness (QED) is 0.910. The molecule has 6 heteroatoms. The van der Waals surface area contributed by atoms with Crippen molar-refractivity contribution < 1.29 is 14.3 Å². The van der Waals surface area contributed by atoms with Gasteiger partial charge in [-0.25, -0.2) is 0 Å². The number of nitrogens with one attached hydrogen (secondary N) is 1. The standard InChI is InChI=1S/C11H9BrN2O3/c12-10-3-8(6-17-10)11(16)14-9-4-13-2-1-7(9)5-15/h1-4,6,15H,5H2,(H,14,16). The summed E-state index contributed by atoms with van der Waals surface area (Å²) in [6.45, 7) is -0.160. The van der Waals surface area contributed by atoms with E-state index in [1.165, 1.54) is 12.5 Å². The van der Waals surface area contributed by atoms with Crippen LogP contribution in [0.4, 0.5) is 5.69 Å². The zero-order valence-electron chi connectivity index (χ0n) is 8.68. The largest absolute Gasteiger partial charge is 0.457 e. The lowest BCUT2D eigenvalue weighted by Gasteiger charge is -2.07. The molecule has 0 atom stereocenters. The first-order valence-corrected chi connectivity index (χ1v) is 5.59. The van der Waals surface area contributed by atoms with Crippen molar-refractivity contribution in [3.63, 3.8) is 0 Å². The summed E-state index contributed by atoms with van der Waals surface area (Å²) in [4.78, 5) is 15.7. The summed E-state index contributed by atoms with van der Waals surface area (Å²) in [5.41, 5.74) is 1.48. The summed E-state index contributed by atoms with van der Waals surface area (Å²) >= 11 is 3.11. The lowest BCUT2D eigenvalue weighted by Crippen LogP contribution is -2.12.